The number of furan rings is 1. The van der Waals surface area contributed by atoms with E-state index in [0.717, 1.165) is 33.0 Å². The van der Waals surface area contributed by atoms with Crippen LogP contribution in [-0.4, -0.2) is 25.6 Å². The molecule has 6 nitrogen and oxygen atoms in total. The molecule has 0 atom stereocenters. The second-order valence-corrected chi connectivity index (χ2v) is 6.88. The summed E-state index contributed by atoms with van der Waals surface area (Å²) >= 11 is 0. The molecule has 0 saturated heterocycles. The summed E-state index contributed by atoms with van der Waals surface area (Å²) in [5, 5.41) is 5.71. The topological polar surface area (TPSA) is 77.8 Å². The van der Waals surface area contributed by atoms with Crippen LogP contribution in [0.15, 0.2) is 71.3 Å². The molecule has 1 N–H and O–H groups in total. The molecule has 0 unspecified atom stereocenters. The molecule has 1 amide bonds. The molecule has 4 aromatic rings. The first-order valence-electron chi connectivity index (χ1n) is 9.57. The minimum atomic E-state index is -0.481. The van der Waals surface area contributed by atoms with Crippen molar-refractivity contribution >= 4 is 33.6 Å². The monoisotopic (exact) mass is 403 g/mol. The van der Waals surface area contributed by atoms with Gasteiger partial charge in [0.1, 0.15) is 11.3 Å². The predicted octanol–water partition coefficient (Wildman–Crippen LogP) is 4.00. The van der Waals surface area contributed by atoms with E-state index < -0.39 is 5.97 Å². The van der Waals surface area contributed by atoms with E-state index in [0.29, 0.717) is 12.1 Å². The number of carbonyl (C=O) groups excluding carboxylic acids is 2. The Labute approximate surface area is 173 Å². The van der Waals surface area contributed by atoms with Crippen LogP contribution in [-0.2, 0) is 27.3 Å². The van der Waals surface area contributed by atoms with Crippen LogP contribution in [0.5, 0.6) is 5.75 Å². The summed E-state index contributed by atoms with van der Waals surface area (Å²) in [6, 6.07) is 19.2. The highest BCUT2D eigenvalue weighted by molar-refractivity contribution is 6.08. The minimum Gasteiger partial charge on any atom is -0.497 e. The summed E-state index contributed by atoms with van der Waals surface area (Å²) < 4.78 is 15.8. The minimum absolute atomic E-state index is 0.0345. The SMILES string of the molecule is COc1ccc(CNC(=O)COC(=O)Cc2coc3ccc4ccccc4c23)cc1. The van der Waals surface area contributed by atoms with E-state index >= 15 is 0 Å². The van der Waals surface area contributed by atoms with E-state index in [1.54, 1.807) is 13.4 Å². The van der Waals surface area contributed by atoms with Gasteiger partial charge in [-0.05, 0) is 34.5 Å². The van der Waals surface area contributed by atoms with Crippen LogP contribution in [0.3, 0.4) is 0 Å². The number of nitrogens with one attached hydrogen (secondary N) is 1. The zero-order valence-corrected chi connectivity index (χ0v) is 16.5. The quantitative estimate of drug-likeness (QED) is 0.472. The zero-order valence-electron chi connectivity index (χ0n) is 16.5. The third-order valence-electron chi connectivity index (χ3n) is 4.89. The maximum atomic E-state index is 12.3. The number of esters is 1. The summed E-state index contributed by atoms with van der Waals surface area (Å²) in [5.74, 6) is -0.0922. The van der Waals surface area contributed by atoms with Crippen LogP contribution in [0.2, 0.25) is 0 Å². The molecule has 0 aliphatic heterocycles. The van der Waals surface area contributed by atoms with E-state index in [4.69, 9.17) is 13.9 Å². The van der Waals surface area contributed by atoms with Gasteiger partial charge in [0.25, 0.3) is 5.91 Å². The Hall–Kier alpha value is -3.80. The Morgan fingerprint density at radius 1 is 1.00 bits per heavy atom. The van der Waals surface area contributed by atoms with Gasteiger partial charge in [0.15, 0.2) is 6.61 Å². The summed E-state index contributed by atoms with van der Waals surface area (Å²) in [6.45, 7) is 0.0181. The molecule has 4 rings (SSSR count). The van der Waals surface area contributed by atoms with Crippen molar-refractivity contribution in [1.29, 1.82) is 0 Å². The number of hydrogen-bond acceptors (Lipinski definition) is 5. The van der Waals surface area contributed by atoms with E-state index in [2.05, 4.69) is 5.32 Å². The van der Waals surface area contributed by atoms with Crippen LogP contribution >= 0.6 is 0 Å². The van der Waals surface area contributed by atoms with Crippen molar-refractivity contribution in [1.82, 2.24) is 5.32 Å². The number of methoxy groups -OCH3 is 1. The molecular weight excluding hydrogens is 382 g/mol. The Kier molecular flexibility index (Phi) is 5.66. The zero-order chi connectivity index (χ0) is 20.9. The predicted molar refractivity (Wildman–Crippen MR) is 113 cm³/mol. The lowest BCUT2D eigenvalue weighted by Gasteiger charge is -2.07. The van der Waals surface area contributed by atoms with Gasteiger partial charge >= 0.3 is 5.97 Å². The fourth-order valence-corrected chi connectivity index (χ4v) is 3.35. The molecular formula is C24H21NO5. The molecule has 0 aliphatic rings. The highest BCUT2D eigenvalue weighted by Crippen LogP contribution is 2.30. The lowest BCUT2D eigenvalue weighted by molar-refractivity contribution is -0.147. The number of rotatable bonds is 7. The van der Waals surface area contributed by atoms with Crippen molar-refractivity contribution in [3.63, 3.8) is 0 Å². The van der Waals surface area contributed by atoms with Gasteiger partial charge in [-0.3, -0.25) is 9.59 Å². The lowest BCUT2D eigenvalue weighted by atomic mass is 10.0. The number of ether oxygens (including phenoxy) is 2. The van der Waals surface area contributed by atoms with Crippen LogP contribution in [0.25, 0.3) is 21.7 Å². The van der Waals surface area contributed by atoms with Crippen LogP contribution in [0, 0.1) is 0 Å². The fraction of sp³-hybridized carbons (Fsp3) is 0.167. The van der Waals surface area contributed by atoms with Crippen LogP contribution in [0.4, 0.5) is 0 Å². The average molecular weight is 403 g/mol. The van der Waals surface area contributed by atoms with Gasteiger partial charge in [-0.15, -0.1) is 0 Å². The molecule has 3 aromatic carbocycles. The normalized spacial score (nSPS) is 10.8. The number of benzene rings is 3. The number of carbonyl (C=O) groups is 2. The summed E-state index contributed by atoms with van der Waals surface area (Å²) in [5.41, 5.74) is 2.38. The van der Waals surface area contributed by atoms with Crippen molar-refractivity contribution in [3.8, 4) is 5.75 Å². The molecule has 0 fully saturated rings. The van der Waals surface area contributed by atoms with Crippen molar-refractivity contribution < 1.29 is 23.5 Å². The van der Waals surface area contributed by atoms with E-state index in [9.17, 15) is 9.59 Å². The molecule has 1 heterocycles. The van der Waals surface area contributed by atoms with Crippen LogP contribution < -0.4 is 10.1 Å². The smallest absolute Gasteiger partial charge is 0.310 e. The Morgan fingerprint density at radius 3 is 2.60 bits per heavy atom. The van der Waals surface area contributed by atoms with Crippen molar-refractivity contribution in [2.45, 2.75) is 13.0 Å². The molecule has 6 heteroatoms. The number of amides is 1. The molecule has 0 spiro atoms. The van der Waals surface area contributed by atoms with Crippen LogP contribution in [0.1, 0.15) is 11.1 Å². The number of fused-ring (bicyclic) bond motifs is 3. The molecule has 1 aromatic heterocycles. The number of hydrogen-bond donors (Lipinski definition) is 1. The lowest BCUT2D eigenvalue weighted by Crippen LogP contribution is -2.28. The third kappa shape index (κ3) is 4.27. The average Bonchev–Trinajstić information content (AvgIpc) is 3.19. The largest absolute Gasteiger partial charge is 0.497 e. The summed E-state index contributed by atoms with van der Waals surface area (Å²) in [7, 11) is 1.60. The summed E-state index contributed by atoms with van der Waals surface area (Å²) in [4.78, 5) is 24.3. The van der Waals surface area contributed by atoms with Crippen molar-refractivity contribution in [3.05, 3.63) is 78.1 Å². The highest BCUT2D eigenvalue weighted by atomic mass is 16.5. The Bertz CT molecular complexity index is 1190. The van der Waals surface area contributed by atoms with Gasteiger partial charge in [0.2, 0.25) is 0 Å². The van der Waals surface area contributed by atoms with Crippen molar-refractivity contribution in [2.24, 2.45) is 0 Å². The Morgan fingerprint density at radius 2 is 1.80 bits per heavy atom. The maximum absolute atomic E-state index is 12.3. The van der Waals surface area contributed by atoms with Gasteiger partial charge in [-0.1, -0.05) is 42.5 Å². The van der Waals surface area contributed by atoms with Gasteiger partial charge in [-0.2, -0.15) is 0 Å². The fourth-order valence-electron chi connectivity index (χ4n) is 3.35. The van der Waals surface area contributed by atoms with E-state index in [-0.39, 0.29) is 18.9 Å². The standard InChI is InChI=1S/C24H21NO5/c1-28-19-9-6-16(7-10-19)13-25-22(26)15-30-23(27)12-18-14-29-21-11-8-17-4-2-3-5-20(17)24(18)21/h2-11,14H,12-13,15H2,1H3,(H,25,26). The first-order chi connectivity index (χ1) is 14.6. The first-order valence-corrected chi connectivity index (χ1v) is 9.57. The van der Waals surface area contributed by atoms with E-state index in [1.165, 1.54) is 0 Å². The molecule has 0 saturated carbocycles. The van der Waals surface area contributed by atoms with Gasteiger partial charge in [0.05, 0.1) is 19.8 Å². The second kappa shape index (κ2) is 8.69. The van der Waals surface area contributed by atoms with E-state index in [1.807, 2.05) is 60.7 Å². The highest BCUT2D eigenvalue weighted by Gasteiger charge is 2.15. The maximum Gasteiger partial charge on any atom is 0.310 e. The van der Waals surface area contributed by atoms with Crippen molar-refractivity contribution in [2.75, 3.05) is 13.7 Å². The van der Waals surface area contributed by atoms with Gasteiger partial charge in [0, 0.05) is 17.5 Å². The van der Waals surface area contributed by atoms with Gasteiger partial charge < -0.3 is 19.2 Å². The Balaban J connectivity index is 1.33. The molecule has 0 radical (unpaired) electrons. The molecule has 0 bridgehead atoms. The third-order valence-corrected chi connectivity index (χ3v) is 4.89. The van der Waals surface area contributed by atoms with Gasteiger partial charge in [-0.25, -0.2) is 0 Å². The summed E-state index contributed by atoms with van der Waals surface area (Å²) in [6.07, 6.45) is 1.61. The molecule has 30 heavy (non-hydrogen) atoms. The first kappa shape index (κ1) is 19.5. The molecule has 0 aliphatic carbocycles. The molecule has 152 valence electrons. The second-order valence-electron chi connectivity index (χ2n) is 6.88.